The molecule has 25 heavy (non-hydrogen) atoms. The molecule has 0 aliphatic carbocycles. The van der Waals surface area contributed by atoms with Gasteiger partial charge in [-0.3, -0.25) is 4.79 Å². The number of nitrogens with zero attached hydrogens (tertiary/aromatic N) is 5. The van der Waals surface area contributed by atoms with Crippen LogP contribution in [0.25, 0.3) is 0 Å². The summed E-state index contributed by atoms with van der Waals surface area (Å²) in [6.07, 6.45) is 5.06. The number of aromatic nitrogens is 2. The Morgan fingerprint density at radius 1 is 1.16 bits per heavy atom. The van der Waals surface area contributed by atoms with E-state index in [4.69, 9.17) is 4.74 Å². The molecule has 1 aromatic rings. The molecule has 0 N–H and O–H groups in total. The number of hydrogen-bond acceptors (Lipinski definition) is 6. The van der Waals surface area contributed by atoms with Crippen molar-refractivity contribution >= 4 is 17.7 Å². The lowest BCUT2D eigenvalue weighted by atomic mass is 9.89. The lowest BCUT2D eigenvalue weighted by Crippen LogP contribution is -2.57. The average Bonchev–Trinajstić information content (AvgIpc) is 3.14. The Bertz CT molecular complexity index is 656. The van der Waals surface area contributed by atoms with Gasteiger partial charge in [-0.2, -0.15) is 4.98 Å². The maximum atomic E-state index is 14.1. The van der Waals surface area contributed by atoms with E-state index < -0.39 is 0 Å². The standard InChI is InChI=1S/C17H24FN5O2/c1-21-12-17(25-11-14(21)24)4-8-23(9-5-17)16-19-10-13(18)15(20-16)22-6-2-3-7-22/h10H,2-9,11-12H2,1H3. The zero-order valence-electron chi connectivity index (χ0n) is 14.6. The van der Waals surface area contributed by atoms with Crippen LogP contribution < -0.4 is 9.80 Å². The molecule has 0 bridgehead atoms. The number of anilines is 2. The van der Waals surface area contributed by atoms with Crippen LogP contribution in [0.5, 0.6) is 0 Å². The number of likely N-dealkylation sites (N-methyl/N-ethyl adjacent to an activating group) is 1. The zero-order chi connectivity index (χ0) is 17.4. The van der Waals surface area contributed by atoms with Gasteiger partial charge in [0.05, 0.1) is 11.8 Å². The van der Waals surface area contributed by atoms with E-state index in [9.17, 15) is 9.18 Å². The van der Waals surface area contributed by atoms with E-state index in [2.05, 4.69) is 14.9 Å². The van der Waals surface area contributed by atoms with Gasteiger partial charge in [0, 0.05) is 39.8 Å². The predicted molar refractivity (Wildman–Crippen MR) is 91.2 cm³/mol. The Balaban J connectivity index is 1.46. The maximum absolute atomic E-state index is 14.1. The Labute approximate surface area is 146 Å². The van der Waals surface area contributed by atoms with E-state index in [0.29, 0.717) is 18.3 Å². The van der Waals surface area contributed by atoms with Gasteiger partial charge in [0.15, 0.2) is 11.6 Å². The molecule has 3 aliphatic rings. The largest absolute Gasteiger partial charge is 0.363 e. The number of rotatable bonds is 2. The fourth-order valence-electron chi connectivity index (χ4n) is 3.96. The van der Waals surface area contributed by atoms with Crippen molar-refractivity contribution in [3.63, 3.8) is 0 Å². The van der Waals surface area contributed by atoms with Gasteiger partial charge >= 0.3 is 0 Å². The van der Waals surface area contributed by atoms with Crippen LogP contribution in [0, 0.1) is 5.82 Å². The molecule has 136 valence electrons. The predicted octanol–water partition coefficient (Wildman–Crippen LogP) is 1.04. The topological polar surface area (TPSA) is 61.8 Å². The molecule has 0 unspecified atom stereocenters. The summed E-state index contributed by atoms with van der Waals surface area (Å²) in [4.78, 5) is 26.2. The van der Waals surface area contributed by atoms with Crippen molar-refractivity contribution < 1.29 is 13.9 Å². The molecule has 0 aromatic carbocycles. The van der Waals surface area contributed by atoms with Crippen molar-refractivity contribution in [3.05, 3.63) is 12.0 Å². The molecule has 3 saturated heterocycles. The molecule has 3 fully saturated rings. The third kappa shape index (κ3) is 3.15. The Morgan fingerprint density at radius 3 is 2.56 bits per heavy atom. The van der Waals surface area contributed by atoms with Crippen LogP contribution in [-0.2, 0) is 9.53 Å². The highest BCUT2D eigenvalue weighted by Gasteiger charge is 2.41. The summed E-state index contributed by atoms with van der Waals surface area (Å²) < 4.78 is 20.0. The third-order valence-electron chi connectivity index (χ3n) is 5.53. The molecule has 3 aliphatic heterocycles. The van der Waals surface area contributed by atoms with Crippen LogP contribution in [0.1, 0.15) is 25.7 Å². The van der Waals surface area contributed by atoms with Crippen molar-refractivity contribution in [3.8, 4) is 0 Å². The molecule has 8 heteroatoms. The number of amides is 1. The third-order valence-corrected chi connectivity index (χ3v) is 5.53. The van der Waals surface area contributed by atoms with Crippen molar-refractivity contribution in [1.82, 2.24) is 14.9 Å². The first-order chi connectivity index (χ1) is 12.1. The van der Waals surface area contributed by atoms with Crippen LogP contribution in [0.3, 0.4) is 0 Å². The molecule has 0 radical (unpaired) electrons. The highest BCUT2D eigenvalue weighted by molar-refractivity contribution is 5.78. The lowest BCUT2D eigenvalue weighted by molar-refractivity contribution is -0.164. The van der Waals surface area contributed by atoms with Crippen molar-refractivity contribution in [2.45, 2.75) is 31.3 Å². The fraction of sp³-hybridized carbons (Fsp3) is 0.706. The molecular formula is C17H24FN5O2. The van der Waals surface area contributed by atoms with Gasteiger partial charge in [0.2, 0.25) is 11.9 Å². The van der Waals surface area contributed by atoms with E-state index >= 15 is 0 Å². The van der Waals surface area contributed by atoms with Gasteiger partial charge in [0.1, 0.15) is 6.61 Å². The molecule has 1 aromatic heterocycles. The Morgan fingerprint density at radius 2 is 1.88 bits per heavy atom. The van der Waals surface area contributed by atoms with E-state index in [1.807, 2.05) is 11.9 Å². The minimum absolute atomic E-state index is 0.0326. The summed E-state index contributed by atoms with van der Waals surface area (Å²) >= 11 is 0. The number of halogens is 1. The van der Waals surface area contributed by atoms with Crippen LogP contribution in [0.4, 0.5) is 16.2 Å². The van der Waals surface area contributed by atoms with Crippen LogP contribution in [-0.4, -0.2) is 72.8 Å². The average molecular weight is 349 g/mol. The quantitative estimate of drug-likeness (QED) is 0.795. The van der Waals surface area contributed by atoms with Gasteiger partial charge in [-0.25, -0.2) is 9.37 Å². The molecule has 0 saturated carbocycles. The van der Waals surface area contributed by atoms with Crippen LogP contribution in [0.15, 0.2) is 6.20 Å². The van der Waals surface area contributed by atoms with E-state index in [1.165, 1.54) is 6.20 Å². The van der Waals surface area contributed by atoms with E-state index in [0.717, 1.165) is 51.9 Å². The summed E-state index contributed by atoms with van der Waals surface area (Å²) in [7, 11) is 1.82. The number of ether oxygens (including phenoxy) is 1. The summed E-state index contributed by atoms with van der Waals surface area (Å²) in [6, 6.07) is 0. The zero-order valence-corrected chi connectivity index (χ0v) is 14.6. The summed E-state index contributed by atoms with van der Waals surface area (Å²) in [5.74, 6) is 0.681. The summed E-state index contributed by atoms with van der Waals surface area (Å²) in [6.45, 7) is 3.97. The minimum Gasteiger partial charge on any atom is -0.363 e. The minimum atomic E-state index is -0.352. The number of carbonyl (C=O) groups excluding carboxylic acids is 1. The highest BCUT2D eigenvalue weighted by Crippen LogP contribution is 2.32. The summed E-state index contributed by atoms with van der Waals surface area (Å²) in [5, 5.41) is 0. The van der Waals surface area contributed by atoms with E-state index in [1.54, 1.807) is 4.90 Å². The van der Waals surface area contributed by atoms with Crippen molar-refractivity contribution in [1.29, 1.82) is 0 Å². The van der Waals surface area contributed by atoms with Crippen LogP contribution in [0.2, 0.25) is 0 Å². The molecule has 4 rings (SSSR count). The van der Waals surface area contributed by atoms with Crippen LogP contribution >= 0.6 is 0 Å². The first-order valence-electron chi connectivity index (χ1n) is 8.97. The number of piperidine rings is 1. The second-order valence-corrected chi connectivity index (χ2v) is 7.24. The Hall–Kier alpha value is -1.96. The lowest BCUT2D eigenvalue weighted by Gasteiger charge is -2.46. The second kappa shape index (κ2) is 6.40. The number of morpholine rings is 1. The van der Waals surface area contributed by atoms with Gasteiger partial charge in [-0.1, -0.05) is 0 Å². The first-order valence-corrected chi connectivity index (χ1v) is 8.97. The highest BCUT2D eigenvalue weighted by atomic mass is 19.1. The maximum Gasteiger partial charge on any atom is 0.248 e. The summed E-state index contributed by atoms with van der Waals surface area (Å²) in [5.41, 5.74) is -0.267. The smallest absolute Gasteiger partial charge is 0.248 e. The van der Waals surface area contributed by atoms with Gasteiger partial charge in [-0.15, -0.1) is 0 Å². The first kappa shape index (κ1) is 16.5. The van der Waals surface area contributed by atoms with Gasteiger partial charge < -0.3 is 19.4 Å². The number of hydrogen-bond donors (Lipinski definition) is 0. The SMILES string of the molecule is CN1CC2(CCN(c3ncc(F)c(N4CCCC4)n3)CC2)OCC1=O. The molecule has 7 nitrogen and oxygen atoms in total. The second-order valence-electron chi connectivity index (χ2n) is 7.24. The van der Waals surface area contributed by atoms with E-state index in [-0.39, 0.29) is 23.9 Å². The van der Waals surface area contributed by atoms with Gasteiger partial charge in [0.25, 0.3) is 0 Å². The van der Waals surface area contributed by atoms with Crippen molar-refractivity contribution in [2.75, 3.05) is 56.2 Å². The molecule has 1 spiro atoms. The Kier molecular flexibility index (Phi) is 4.23. The molecule has 4 heterocycles. The fourth-order valence-corrected chi connectivity index (χ4v) is 3.96. The monoisotopic (exact) mass is 349 g/mol. The number of carbonyl (C=O) groups is 1. The van der Waals surface area contributed by atoms with Crippen molar-refractivity contribution in [2.24, 2.45) is 0 Å². The normalized spacial score (nSPS) is 23.6. The van der Waals surface area contributed by atoms with Gasteiger partial charge in [-0.05, 0) is 25.7 Å². The molecular weight excluding hydrogens is 325 g/mol. The molecule has 1 amide bonds. The molecule has 0 atom stereocenters.